The fourth-order valence-corrected chi connectivity index (χ4v) is 3.96. The van der Waals surface area contributed by atoms with Crippen molar-refractivity contribution < 1.29 is 22.3 Å². The number of carbonyl (C=O) groups is 1. The normalized spacial score (nSPS) is 11.3. The van der Waals surface area contributed by atoms with Crippen molar-refractivity contribution in [3.63, 3.8) is 0 Å². The van der Waals surface area contributed by atoms with Crippen LogP contribution in [0, 0.1) is 5.82 Å². The molecule has 0 aliphatic carbocycles. The summed E-state index contributed by atoms with van der Waals surface area (Å²) in [5, 5.41) is 2.40. The SMILES string of the molecule is CS(=O)(=O)c1ccccc1C(=O)OCc1csc(-c2ccc(F)cc2)n1. The standard InChI is InChI=1S/C18H14FNO4S2/c1-26(22,23)16-5-3-2-4-15(16)18(21)24-10-14-11-25-17(20-14)12-6-8-13(19)9-7-12/h2-9,11H,10H2,1H3. The molecule has 0 unspecified atom stereocenters. The molecule has 1 heterocycles. The molecular weight excluding hydrogens is 377 g/mol. The van der Waals surface area contributed by atoms with E-state index in [-0.39, 0.29) is 22.9 Å². The third-order valence-electron chi connectivity index (χ3n) is 3.50. The highest BCUT2D eigenvalue weighted by molar-refractivity contribution is 7.90. The molecule has 0 saturated heterocycles. The van der Waals surface area contributed by atoms with Gasteiger partial charge < -0.3 is 4.74 Å². The maximum Gasteiger partial charge on any atom is 0.339 e. The highest BCUT2D eigenvalue weighted by Gasteiger charge is 2.19. The van der Waals surface area contributed by atoms with Gasteiger partial charge in [0.2, 0.25) is 0 Å². The number of benzene rings is 2. The van der Waals surface area contributed by atoms with Crippen LogP contribution in [0.5, 0.6) is 0 Å². The fraction of sp³-hybridized carbons (Fsp3) is 0.111. The Labute approximate surface area is 154 Å². The van der Waals surface area contributed by atoms with Crippen molar-refractivity contribution in [1.29, 1.82) is 0 Å². The molecule has 0 aliphatic heterocycles. The van der Waals surface area contributed by atoms with Crippen molar-refractivity contribution in [3.05, 3.63) is 71.0 Å². The number of thiazole rings is 1. The minimum absolute atomic E-state index is 0.0102. The van der Waals surface area contributed by atoms with Gasteiger partial charge in [-0.25, -0.2) is 22.6 Å². The van der Waals surface area contributed by atoms with Gasteiger partial charge in [0, 0.05) is 17.2 Å². The number of esters is 1. The van der Waals surface area contributed by atoms with E-state index in [1.165, 1.54) is 35.6 Å². The Morgan fingerprint density at radius 3 is 2.54 bits per heavy atom. The van der Waals surface area contributed by atoms with E-state index in [1.54, 1.807) is 29.6 Å². The first-order valence-corrected chi connectivity index (χ1v) is 10.3. The van der Waals surface area contributed by atoms with E-state index in [2.05, 4.69) is 4.98 Å². The number of nitrogens with zero attached hydrogens (tertiary/aromatic N) is 1. The van der Waals surface area contributed by atoms with Gasteiger partial charge in [-0.05, 0) is 36.4 Å². The van der Waals surface area contributed by atoms with Crippen LogP contribution < -0.4 is 0 Å². The van der Waals surface area contributed by atoms with E-state index < -0.39 is 15.8 Å². The van der Waals surface area contributed by atoms with Crippen LogP contribution in [-0.2, 0) is 21.2 Å². The van der Waals surface area contributed by atoms with Crippen LogP contribution in [-0.4, -0.2) is 25.6 Å². The molecule has 0 radical (unpaired) electrons. The molecule has 3 rings (SSSR count). The maximum absolute atomic E-state index is 13.0. The van der Waals surface area contributed by atoms with Crippen LogP contribution >= 0.6 is 11.3 Å². The molecule has 0 bridgehead atoms. The lowest BCUT2D eigenvalue weighted by molar-refractivity contribution is 0.0464. The van der Waals surface area contributed by atoms with Crippen molar-refractivity contribution in [1.82, 2.24) is 4.98 Å². The van der Waals surface area contributed by atoms with Crippen molar-refractivity contribution in [3.8, 4) is 10.6 Å². The van der Waals surface area contributed by atoms with Gasteiger partial charge in [0.1, 0.15) is 17.4 Å². The average Bonchev–Trinajstić information content (AvgIpc) is 3.08. The Morgan fingerprint density at radius 1 is 1.15 bits per heavy atom. The van der Waals surface area contributed by atoms with E-state index in [1.807, 2.05) is 0 Å². The second-order valence-electron chi connectivity index (χ2n) is 5.50. The van der Waals surface area contributed by atoms with Gasteiger partial charge in [0.25, 0.3) is 0 Å². The lowest BCUT2D eigenvalue weighted by atomic mass is 10.2. The largest absolute Gasteiger partial charge is 0.456 e. The van der Waals surface area contributed by atoms with Crippen molar-refractivity contribution in [2.24, 2.45) is 0 Å². The summed E-state index contributed by atoms with van der Waals surface area (Å²) >= 11 is 1.34. The molecule has 26 heavy (non-hydrogen) atoms. The topological polar surface area (TPSA) is 73.3 Å². The summed E-state index contributed by atoms with van der Waals surface area (Å²) in [5.74, 6) is -1.06. The summed E-state index contributed by atoms with van der Waals surface area (Å²) in [5.41, 5.74) is 1.28. The van der Waals surface area contributed by atoms with Crippen LogP contribution in [0.25, 0.3) is 10.6 Å². The summed E-state index contributed by atoms with van der Waals surface area (Å²) in [6.45, 7) is -0.0887. The average molecular weight is 391 g/mol. The van der Waals surface area contributed by atoms with Gasteiger partial charge in [-0.15, -0.1) is 11.3 Å². The number of halogens is 1. The van der Waals surface area contributed by atoms with E-state index in [9.17, 15) is 17.6 Å². The number of ether oxygens (including phenoxy) is 1. The van der Waals surface area contributed by atoms with E-state index >= 15 is 0 Å². The lowest BCUT2D eigenvalue weighted by Gasteiger charge is -2.07. The summed E-state index contributed by atoms with van der Waals surface area (Å²) in [6, 6.07) is 11.8. The summed E-state index contributed by atoms with van der Waals surface area (Å²) < 4.78 is 41.7. The fourth-order valence-electron chi connectivity index (χ4n) is 2.27. The van der Waals surface area contributed by atoms with Crippen LogP contribution in [0.2, 0.25) is 0 Å². The maximum atomic E-state index is 13.0. The molecule has 2 aromatic carbocycles. The molecule has 0 aliphatic rings. The molecule has 0 spiro atoms. The Morgan fingerprint density at radius 2 is 1.85 bits per heavy atom. The third kappa shape index (κ3) is 4.14. The second kappa shape index (κ2) is 7.35. The summed E-state index contributed by atoms with van der Waals surface area (Å²) in [6.07, 6.45) is 1.04. The highest BCUT2D eigenvalue weighted by Crippen LogP contribution is 2.24. The minimum Gasteiger partial charge on any atom is -0.456 e. The minimum atomic E-state index is -3.54. The lowest BCUT2D eigenvalue weighted by Crippen LogP contribution is -2.11. The van der Waals surface area contributed by atoms with Crippen LogP contribution in [0.15, 0.2) is 58.8 Å². The molecule has 0 amide bonds. The molecule has 3 aromatic rings. The van der Waals surface area contributed by atoms with Gasteiger partial charge >= 0.3 is 5.97 Å². The zero-order valence-corrected chi connectivity index (χ0v) is 15.3. The molecule has 0 atom stereocenters. The number of hydrogen-bond donors (Lipinski definition) is 0. The van der Waals surface area contributed by atoms with Gasteiger partial charge in [-0.3, -0.25) is 0 Å². The van der Waals surface area contributed by atoms with Gasteiger partial charge in [-0.1, -0.05) is 12.1 Å². The zero-order valence-electron chi connectivity index (χ0n) is 13.7. The Balaban J connectivity index is 1.72. The van der Waals surface area contributed by atoms with Crippen LogP contribution in [0.1, 0.15) is 16.1 Å². The number of sulfone groups is 1. The molecule has 134 valence electrons. The first-order chi connectivity index (χ1) is 12.3. The smallest absolute Gasteiger partial charge is 0.339 e. The quantitative estimate of drug-likeness (QED) is 0.620. The Bertz CT molecular complexity index is 1040. The van der Waals surface area contributed by atoms with Crippen LogP contribution in [0.3, 0.4) is 0 Å². The monoisotopic (exact) mass is 391 g/mol. The van der Waals surface area contributed by atoms with Crippen molar-refractivity contribution >= 4 is 27.1 Å². The van der Waals surface area contributed by atoms with Crippen molar-refractivity contribution in [2.45, 2.75) is 11.5 Å². The van der Waals surface area contributed by atoms with E-state index in [4.69, 9.17) is 4.74 Å². The molecule has 0 N–H and O–H groups in total. The summed E-state index contributed by atoms with van der Waals surface area (Å²) in [7, 11) is -3.54. The first-order valence-electron chi connectivity index (χ1n) is 7.51. The molecular formula is C18H14FNO4S2. The Kier molecular flexibility index (Phi) is 5.15. The van der Waals surface area contributed by atoms with E-state index in [0.717, 1.165) is 11.8 Å². The van der Waals surface area contributed by atoms with Gasteiger partial charge in [0.15, 0.2) is 9.84 Å². The predicted octanol–water partition coefficient (Wildman–Crippen LogP) is 3.71. The zero-order chi connectivity index (χ0) is 18.7. The predicted molar refractivity (Wildman–Crippen MR) is 96.2 cm³/mol. The second-order valence-corrected chi connectivity index (χ2v) is 8.34. The van der Waals surface area contributed by atoms with E-state index in [0.29, 0.717) is 10.7 Å². The number of rotatable bonds is 5. The molecule has 1 aromatic heterocycles. The third-order valence-corrected chi connectivity index (χ3v) is 5.60. The molecule has 8 heteroatoms. The highest BCUT2D eigenvalue weighted by atomic mass is 32.2. The molecule has 0 fully saturated rings. The van der Waals surface area contributed by atoms with Gasteiger partial charge in [0.05, 0.1) is 16.2 Å². The van der Waals surface area contributed by atoms with Crippen molar-refractivity contribution in [2.75, 3.05) is 6.26 Å². The molecule has 5 nitrogen and oxygen atoms in total. The number of hydrogen-bond acceptors (Lipinski definition) is 6. The first kappa shape index (κ1) is 18.2. The van der Waals surface area contributed by atoms with Crippen LogP contribution in [0.4, 0.5) is 4.39 Å². The summed E-state index contributed by atoms with van der Waals surface area (Å²) in [4.78, 5) is 16.5. The van der Waals surface area contributed by atoms with Gasteiger partial charge in [-0.2, -0.15) is 0 Å². The number of carbonyl (C=O) groups excluding carboxylic acids is 1. The Hall–Kier alpha value is -2.58. The molecule has 0 saturated carbocycles. The number of aromatic nitrogens is 1.